The summed E-state index contributed by atoms with van der Waals surface area (Å²) < 4.78 is 6.70. The topological polar surface area (TPSA) is 59.4 Å². The Balaban J connectivity index is 1.97. The van der Waals surface area contributed by atoms with Crippen LogP contribution in [0.25, 0.3) is 27.8 Å². The van der Waals surface area contributed by atoms with Gasteiger partial charge in [-0.3, -0.25) is 4.40 Å². The number of fused-ring (bicyclic) bond motifs is 3. The molecular weight excluding hydrogens is 286 g/mol. The molecule has 0 fully saturated rings. The minimum atomic E-state index is -0.178. The van der Waals surface area contributed by atoms with E-state index in [1.54, 1.807) is 29.0 Å². The molecule has 0 amide bonds. The van der Waals surface area contributed by atoms with Crippen LogP contribution in [0.15, 0.2) is 46.0 Å². The van der Waals surface area contributed by atoms with Crippen molar-refractivity contribution in [1.82, 2.24) is 14.4 Å². The van der Waals surface area contributed by atoms with Gasteiger partial charge in [0.2, 0.25) is 0 Å². The van der Waals surface area contributed by atoms with Crippen molar-refractivity contribution >= 4 is 27.9 Å². The highest BCUT2D eigenvalue weighted by molar-refractivity contribution is 7.09. The van der Waals surface area contributed by atoms with Crippen molar-refractivity contribution in [3.05, 3.63) is 51.7 Å². The van der Waals surface area contributed by atoms with Crippen molar-refractivity contribution < 1.29 is 4.74 Å². The number of ether oxygens (including phenoxy) is 1. The third kappa shape index (κ3) is 1.84. The minimum Gasteiger partial charge on any atom is -0.497 e. The third-order valence-electron chi connectivity index (χ3n) is 3.45. The molecule has 0 unspecified atom stereocenters. The highest BCUT2D eigenvalue weighted by Crippen LogP contribution is 2.25. The molecule has 0 radical (unpaired) electrons. The lowest BCUT2D eigenvalue weighted by molar-refractivity contribution is 0.415. The third-order valence-corrected chi connectivity index (χ3v) is 4.20. The van der Waals surface area contributed by atoms with E-state index in [0.29, 0.717) is 5.65 Å². The van der Waals surface area contributed by atoms with E-state index in [9.17, 15) is 4.79 Å². The van der Waals surface area contributed by atoms with E-state index < -0.39 is 0 Å². The van der Waals surface area contributed by atoms with E-state index in [0.717, 1.165) is 27.9 Å². The Morgan fingerprint density at radius 2 is 2.05 bits per heavy atom. The van der Waals surface area contributed by atoms with Crippen molar-refractivity contribution in [2.75, 3.05) is 7.11 Å². The number of methoxy groups -OCH3 is 1. The fourth-order valence-electron chi connectivity index (χ4n) is 2.37. The Morgan fingerprint density at radius 1 is 1.24 bits per heavy atom. The first-order valence-electron chi connectivity index (χ1n) is 6.38. The SMILES string of the molecule is COc1ccc(-c2cn3c(=O)[nH]c4cscc4c3n2)cc1. The molecule has 21 heavy (non-hydrogen) atoms. The Morgan fingerprint density at radius 3 is 2.81 bits per heavy atom. The normalized spacial score (nSPS) is 11.3. The summed E-state index contributed by atoms with van der Waals surface area (Å²) in [7, 11) is 1.63. The average molecular weight is 297 g/mol. The fourth-order valence-corrected chi connectivity index (χ4v) is 3.13. The van der Waals surface area contributed by atoms with Gasteiger partial charge in [-0.25, -0.2) is 9.78 Å². The van der Waals surface area contributed by atoms with Gasteiger partial charge in [0.1, 0.15) is 5.75 Å². The largest absolute Gasteiger partial charge is 0.497 e. The van der Waals surface area contributed by atoms with Crippen molar-refractivity contribution in [1.29, 1.82) is 0 Å². The number of aromatic nitrogens is 3. The molecule has 1 aromatic carbocycles. The number of nitrogens with one attached hydrogen (secondary N) is 1. The summed E-state index contributed by atoms with van der Waals surface area (Å²) in [6, 6.07) is 7.62. The number of H-pyrrole nitrogens is 1. The highest BCUT2D eigenvalue weighted by atomic mass is 32.1. The molecule has 4 aromatic rings. The van der Waals surface area contributed by atoms with E-state index >= 15 is 0 Å². The van der Waals surface area contributed by atoms with Gasteiger partial charge < -0.3 is 9.72 Å². The summed E-state index contributed by atoms with van der Waals surface area (Å²) >= 11 is 1.55. The van der Waals surface area contributed by atoms with Gasteiger partial charge in [0.05, 0.1) is 23.7 Å². The zero-order valence-corrected chi connectivity index (χ0v) is 12.0. The molecule has 5 nitrogen and oxygen atoms in total. The van der Waals surface area contributed by atoms with E-state index in [1.807, 2.05) is 35.0 Å². The van der Waals surface area contributed by atoms with Gasteiger partial charge in [-0.2, -0.15) is 0 Å². The van der Waals surface area contributed by atoms with Crippen LogP contribution in [-0.2, 0) is 0 Å². The average Bonchev–Trinajstić information content (AvgIpc) is 3.13. The minimum absolute atomic E-state index is 0.178. The molecule has 0 aliphatic carbocycles. The molecule has 0 saturated carbocycles. The van der Waals surface area contributed by atoms with Gasteiger partial charge in [0.25, 0.3) is 0 Å². The second kappa shape index (κ2) is 4.46. The lowest BCUT2D eigenvalue weighted by Gasteiger charge is -1.99. The van der Waals surface area contributed by atoms with Crippen LogP contribution in [0.1, 0.15) is 0 Å². The first kappa shape index (κ1) is 12.2. The van der Waals surface area contributed by atoms with Crippen LogP contribution in [0, 0.1) is 0 Å². The predicted molar refractivity (Wildman–Crippen MR) is 83.2 cm³/mol. The quantitative estimate of drug-likeness (QED) is 0.619. The molecule has 0 atom stereocenters. The van der Waals surface area contributed by atoms with Crippen LogP contribution >= 0.6 is 11.3 Å². The number of nitrogens with zero attached hydrogens (tertiary/aromatic N) is 2. The summed E-state index contributed by atoms with van der Waals surface area (Å²) in [4.78, 5) is 19.5. The molecule has 3 aromatic heterocycles. The van der Waals surface area contributed by atoms with Crippen molar-refractivity contribution in [2.45, 2.75) is 0 Å². The number of thiophene rings is 1. The van der Waals surface area contributed by atoms with Gasteiger partial charge in [-0.1, -0.05) is 0 Å². The molecule has 0 aliphatic rings. The number of aromatic amines is 1. The van der Waals surface area contributed by atoms with Crippen LogP contribution in [0.5, 0.6) is 5.75 Å². The van der Waals surface area contributed by atoms with Gasteiger partial charge in [-0.15, -0.1) is 11.3 Å². The summed E-state index contributed by atoms with van der Waals surface area (Å²) in [5, 5.41) is 4.86. The van der Waals surface area contributed by atoms with Crippen LogP contribution < -0.4 is 10.4 Å². The zero-order valence-electron chi connectivity index (χ0n) is 11.2. The summed E-state index contributed by atoms with van der Waals surface area (Å²) in [5.41, 5.74) is 3.04. The van der Waals surface area contributed by atoms with Gasteiger partial charge in [-0.05, 0) is 24.3 Å². The first-order chi connectivity index (χ1) is 10.3. The molecule has 4 rings (SSSR count). The Bertz CT molecular complexity index is 995. The summed E-state index contributed by atoms with van der Waals surface area (Å²) in [6.45, 7) is 0. The van der Waals surface area contributed by atoms with Crippen LogP contribution in [0.2, 0.25) is 0 Å². The van der Waals surface area contributed by atoms with E-state index in [-0.39, 0.29) is 5.69 Å². The summed E-state index contributed by atoms with van der Waals surface area (Å²) in [6.07, 6.45) is 1.76. The van der Waals surface area contributed by atoms with Crippen molar-refractivity contribution in [2.24, 2.45) is 0 Å². The molecule has 0 saturated heterocycles. The maximum atomic E-state index is 12.1. The first-order valence-corrected chi connectivity index (χ1v) is 7.32. The van der Waals surface area contributed by atoms with Crippen molar-refractivity contribution in [3.63, 3.8) is 0 Å². The molecule has 3 heterocycles. The van der Waals surface area contributed by atoms with E-state index in [2.05, 4.69) is 9.97 Å². The number of benzene rings is 1. The Kier molecular flexibility index (Phi) is 2.58. The highest BCUT2D eigenvalue weighted by Gasteiger charge is 2.11. The molecule has 1 N–H and O–H groups in total. The van der Waals surface area contributed by atoms with E-state index in [4.69, 9.17) is 4.74 Å². The molecule has 6 heteroatoms. The molecule has 0 bridgehead atoms. The van der Waals surface area contributed by atoms with Gasteiger partial charge in [0.15, 0.2) is 5.65 Å². The number of imidazole rings is 1. The Labute approximate surface area is 123 Å². The number of hydrogen-bond acceptors (Lipinski definition) is 4. The second-order valence-corrected chi connectivity index (χ2v) is 5.42. The molecule has 0 spiro atoms. The van der Waals surface area contributed by atoms with Crippen LogP contribution in [0.4, 0.5) is 0 Å². The zero-order chi connectivity index (χ0) is 14.4. The van der Waals surface area contributed by atoms with Gasteiger partial charge >= 0.3 is 5.69 Å². The molecule has 0 aliphatic heterocycles. The molecule has 104 valence electrons. The lowest BCUT2D eigenvalue weighted by atomic mass is 10.2. The Hall–Kier alpha value is -2.60. The smallest absolute Gasteiger partial charge is 0.331 e. The summed E-state index contributed by atoms with van der Waals surface area (Å²) in [5.74, 6) is 0.792. The predicted octanol–water partition coefficient (Wildman–Crippen LogP) is 2.91. The number of rotatable bonds is 2. The van der Waals surface area contributed by atoms with E-state index in [1.165, 1.54) is 0 Å². The monoisotopic (exact) mass is 297 g/mol. The number of hydrogen-bond donors (Lipinski definition) is 1. The lowest BCUT2D eigenvalue weighted by Crippen LogP contribution is -2.14. The molecular formula is C15H11N3O2S. The fraction of sp³-hybridized carbons (Fsp3) is 0.0667. The maximum Gasteiger partial charge on any atom is 0.331 e. The van der Waals surface area contributed by atoms with Crippen molar-refractivity contribution in [3.8, 4) is 17.0 Å². The maximum absolute atomic E-state index is 12.1. The van der Waals surface area contributed by atoms with Gasteiger partial charge in [0, 0.05) is 22.5 Å². The van der Waals surface area contributed by atoms with Crippen LogP contribution in [-0.4, -0.2) is 21.5 Å². The van der Waals surface area contributed by atoms with Crippen LogP contribution in [0.3, 0.4) is 0 Å². The second-order valence-electron chi connectivity index (χ2n) is 4.68. The standard InChI is InChI=1S/C15H11N3O2S/c1-20-10-4-2-9(3-5-10)12-6-18-14(16-12)11-7-21-8-13(11)17-15(18)19/h2-8H,1H3,(H,17,19).